The van der Waals surface area contributed by atoms with Crippen molar-refractivity contribution in [1.29, 1.82) is 0 Å². The lowest BCUT2D eigenvalue weighted by Gasteiger charge is -2.26. The van der Waals surface area contributed by atoms with E-state index in [9.17, 15) is 10.1 Å². The standard InChI is InChI=1S/C31H24N4O4S/c1-20-5-13-24(14-6-20)38-25-15-11-22(12-16-25)34-30(29(33-31(34)40)26-4-2-3-19-32-26)28-18-17-27(39-28)21-7-9-23(10-8-21)35(36)37/h2-19,29-30H,1H3,(H,33,40)/t29-,30+/m1/s1. The number of anilines is 1. The molecule has 1 fully saturated rings. The second kappa shape index (κ2) is 10.6. The molecule has 0 saturated carbocycles. The Morgan fingerprint density at radius 2 is 1.62 bits per heavy atom. The molecule has 0 radical (unpaired) electrons. The molecule has 0 unspecified atom stereocenters. The third-order valence-electron chi connectivity index (χ3n) is 6.75. The number of rotatable bonds is 7. The quantitative estimate of drug-likeness (QED) is 0.127. The zero-order chi connectivity index (χ0) is 27.6. The zero-order valence-corrected chi connectivity index (χ0v) is 22.2. The van der Waals surface area contributed by atoms with E-state index in [0.717, 1.165) is 22.7 Å². The van der Waals surface area contributed by atoms with Crippen molar-refractivity contribution >= 4 is 28.7 Å². The number of nitrogens with zero attached hydrogens (tertiary/aromatic N) is 3. The summed E-state index contributed by atoms with van der Waals surface area (Å²) >= 11 is 5.82. The number of benzene rings is 3. The highest BCUT2D eigenvalue weighted by Crippen LogP contribution is 2.43. The number of nitrogens with one attached hydrogen (secondary N) is 1. The first-order valence-corrected chi connectivity index (χ1v) is 13.1. The van der Waals surface area contributed by atoms with Gasteiger partial charge in [-0.05, 0) is 91.9 Å². The molecule has 3 aromatic carbocycles. The molecule has 8 nitrogen and oxygen atoms in total. The lowest BCUT2D eigenvalue weighted by molar-refractivity contribution is -0.384. The third kappa shape index (κ3) is 5.02. The third-order valence-corrected chi connectivity index (χ3v) is 7.07. The number of furan rings is 1. The van der Waals surface area contributed by atoms with E-state index in [1.54, 1.807) is 18.3 Å². The fourth-order valence-electron chi connectivity index (χ4n) is 4.75. The second-order valence-electron chi connectivity index (χ2n) is 9.41. The average Bonchev–Trinajstić information content (AvgIpc) is 3.60. The van der Waals surface area contributed by atoms with E-state index in [1.807, 2.05) is 90.7 Å². The molecule has 0 bridgehead atoms. The van der Waals surface area contributed by atoms with E-state index < -0.39 is 4.92 Å². The monoisotopic (exact) mass is 548 g/mol. The highest BCUT2D eigenvalue weighted by Gasteiger charge is 2.42. The Balaban J connectivity index is 1.33. The van der Waals surface area contributed by atoms with Crippen molar-refractivity contribution < 1.29 is 14.1 Å². The molecule has 3 heterocycles. The molecule has 40 heavy (non-hydrogen) atoms. The van der Waals surface area contributed by atoms with Gasteiger partial charge in [-0.2, -0.15) is 0 Å². The second-order valence-corrected chi connectivity index (χ2v) is 9.80. The van der Waals surface area contributed by atoms with E-state index >= 15 is 0 Å². The SMILES string of the molecule is Cc1ccc(Oc2ccc(N3C(=S)N[C@H](c4ccccn4)[C@@H]3c3ccc(-c4ccc([N+](=O)[O-])cc4)o3)cc2)cc1. The van der Waals surface area contributed by atoms with Crippen LogP contribution in [0, 0.1) is 17.0 Å². The summed E-state index contributed by atoms with van der Waals surface area (Å²) in [6, 6.07) is 30.9. The Morgan fingerprint density at radius 3 is 2.27 bits per heavy atom. The highest BCUT2D eigenvalue weighted by atomic mass is 32.1. The number of aromatic nitrogens is 1. The molecule has 0 aliphatic carbocycles. The maximum absolute atomic E-state index is 11.1. The molecule has 2 atom stereocenters. The van der Waals surface area contributed by atoms with Crippen molar-refractivity contribution in [1.82, 2.24) is 10.3 Å². The van der Waals surface area contributed by atoms with Crippen molar-refractivity contribution in [3.05, 3.63) is 136 Å². The van der Waals surface area contributed by atoms with Gasteiger partial charge in [-0.25, -0.2) is 0 Å². The first-order chi connectivity index (χ1) is 19.5. The van der Waals surface area contributed by atoms with Crippen molar-refractivity contribution in [2.75, 3.05) is 4.90 Å². The van der Waals surface area contributed by atoms with Crippen molar-refractivity contribution in [3.63, 3.8) is 0 Å². The summed E-state index contributed by atoms with van der Waals surface area (Å²) < 4.78 is 12.4. The van der Waals surface area contributed by atoms with Crippen LogP contribution < -0.4 is 15.0 Å². The largest absolute Gasteiger partial charge is 0.459 e. The molecule has 198 valence electrons. The molecular weight excluding hydrogens is 524 g/mol. The Kier molecular flexibility index (Phi) is 6.71. The summed E-state index contributed by atoms with van der Waals surface area (Å²) in [5.74, 6) is 2.75. The van der Waals surface area contributed by atoms with Crippen LogP contribution >= 0.6 is 12.2 Å². The van der Waals surface area contributed by atoms with Gasteiger partial charge < -0.3 is 19.4 Å². The van der Waals surface area contributed by atoms with Crippen molar-refractivity contribution in [2.45, 2.75) is 19.0 Å². The van der Waals surface area contributed by atoms with Gasteiger partial charge in [-0.15, -0.1) is 0 Å². The Labute approximate surface area is 236 Å². The predicted molar refractivity (Wildman–Crippen MR) is 156 cm³/mol. The smallest absolute Gasteiger partial charge is 0.269 e. The minimum Gasteiger partial charge on any atom is -0.459 e. The van der Waals surface area contributed by atoms with Crippen LogP contribution in [0.3, 0.4) is 0 Å². The van der Waals surface area contributed by atoms with E-state index in [1.165, 1.54) is 17.7 Å². The molecule has 5 aromatic rings. The van der Waals surface area contributed by atoms with Gasteiger partial charge in [0, 0.05) is 29.6 Å². The lowest BCUT2D eigenvalue weighted by Crippen LogP contribution is -2.29. The first-order valence-electron chi connectivity index (χ1n) is 12.7. The number of pyridine rings is 1. The Hall–Kier alpha value is -5.02. The van der Waals surface area contributed by atoms with Crippen LogP contribution in [0.15, 0.2) is 114 Å². The van der Waals surface area contributed by atoms with Crippen LogP contribution in [0.2, 0.25) is 0 Å². The maximum atomic E-state index is 11.1. The number of hydrogen-bond donors (Lipinski definition) is 1. The van der Waals surface area contributed by atoms with Crippen LogP contribution in [0.5, 0.6) is 11.5 Å². The normalized spacial score (nSPS) is 16.5. The summed E-state index contributed by atoms with van der Waals surface area (Å²) in [5, 5.41) is 15.0. The van der Waals surface area contributed by atoms with Crippen LogP contribution in [0.1, 0.15) is 29.1 Å². The average molecular weight is 549 g/mol. The Morgan fingerprint density at radius 1 is 0.925 bits per heavy atom. The van der Waals surface area contributed by atoms with Gasteiger partial charge in [0.05, 0.1) is 16.7 Å². The summed E-state index contributed by atoms with van der Waals surface area (Å²) in [6.45, 7) is 2.04. The Bertz CT molecular complexity index is 1650. The molecule has 9 heteroatoms. The molecule has 0 amide bonds. The number of ether oxygens (including phenoxy) is 1. The summed E-state index contributed by atoms with van der Waals surface area (Å²) in [7, 11) is 0. The van der Waals surface area contributed by atoms with Crippen molar-refractivity contribution in [3.8, 4) is 22.8 Å². The lowest BCUT2D eigenvalue weighted by atomic mass is 10.0. The summed E-state index contributed by atoms with van der Waals surface area (Å²) in [4.78, 5) is 17.2. The highest BCUT2D eigenvalue weighted by molar-refractivity contribution is 7.80. The fourth-order valence-corrected chi connectivity index (χ4v) is 5.10. The molecule has 6 rings (SSSR count). The number of nitro groups is 1. The van der Waals surface area contributed by atoms with Gasteiger partial charge >= 0.3 is 0 Å². The van der Waals surface area contributed by atoms with E-state index in [0.29, 0.717) is 22.4 Å². The molecule has 1 aliphatic rings. The maximum Gasteiger partial charge on any atom is 0.269 e. The summed E-state index contributed by atoms with van der Waals surface area (Å²) in [5.41, 5.74) is 3.62. The minimum absolute atomic E-state index is 0.0251. The van der Waals surface area contributed by atoms with Crippen LogP contribution in [-0.4, -0.2) is 15.0 Å². The topological polar surface area (TPSA) is 93.7 Å². The van der Waals surface area contributed by atoms with E-state index in [2.05, 4.69) is 10.3 Å². The number of thiocarbonyl (C=S) groups is 1. The van der Waals surface area contributed by atoms with Gasteiger partial charge in [0.25, 0.3) is 5.69 Å². The fraction of sp³-hybridized carbons (Fsp3) is 0.0968. The minimum atomic E-state index is -0.422. The molecule has 2 aromatic heterocycles. The van der Waals surface area contributed by atoms with Crippen LogP contribution in [-0.2, 0) is 0 Å². The van der Waals surface area contributed by atoms with Gasteiger partial charge in [0.1, 0.15) is 29.1 Å². The van der Waals surface area contributed by atoms with Gasteiger partial charge in [-0.1, -0.05) is 23.8 Å². The molecule has 1 saturated heterocycles. The first kappa shape index (κ1) is 25.3. The van der Waals surface area contributed by atoms with Crippen LogP contribution in [0.25, 0.3) is 11.3 Å². The molecule has 0 spiro atoms. The number of hydrogen-bond acceptors (Lipinski definition) is 6. The number of aryl methyl sites for hydroxylation is 1. The summed E-state index contributed by atoms with van der Waals surface area (Å²) in [6.07, 6.45) is 1.75. The van der Waals surface area contributed by atoms with E-state index in [4.69, 9.17) is 21.4 Å². The van der Waals surface area contributed by atoms with Crippen molar-refractivity contribution in [2.24, 2.45) is 0 Å². The number of nitro benzene ring substituents is 1. The molecular formula is C31H24N4O4S. The van der Waals surface area contributed by atoms with Gasteiger partial charge in [0.2, 0.25) is 0 Å². The number of non-ortho nitro benzene ring substituents is 1. The van der Waals surface area contributed by atoms with E-state index in [-0.39, 0.29) is 17.8 Å². The molecule has 1 aliphatic heterocycles. The zero-order valence-electron chi connectivity index (χ0n) is 21.4. The molecule has 1 N–H and O–H groups in total. The van der Waals surface area contributed by atoms with Gasteiger partial charge in [-0.3, -0.25) is 15.1 Å². The van der Waals surface area contributed by atoms with Crippen LogP contribution in [0.4, 0.5) is 11.4 Å². The predicted octanol–water partition coefficient (Wildman–Crippen LogP) is 7.53. The van der Waals surface area contributed by atoms with Gasteiger partial charge in [0.15, 0.2) is 5.11 Å².